The summed E-state index contributed by atoms with van der Waals surface area (Å²) in [6.45, 7) is 11.5. The van der Waals surface area contributed by atoms with Gasteiger partial charge in [-0.15, -0.1) is 11.3 Å². The summed E-state index contributed by atoms with van der Waals surface area (Å²) in [5, 5.41) is 0. The molecule has 180 valence electrons. The SMILES string of the molecule is CC(C)(C)OC(=O)N1CCC2(CC1)CN(C(c1cc3ncncc3s1)N1CCOC(Cl)C1)C2. The molecule has 0 radical (unpaired) electrons. The molecule has 33 heavy (non-hydrogen) atoms. The number of thiophene rings is 1. The number of piperidine rings is 1. The zero-order chi connectivity index (χ0) is 23.2. The van der Waals surface area contributed by atoms with Gasteiger partial charge in [0.2, 0.25) is 0 Å². The number of carbonyl (C=O) groups is 1. The molecule has 3 fully saturated rings. The lowest BCUT2D eigenvalue weighted by Crippen LogP contribution is -2.64. The molecule has 0 saturated carbocycles. The van der Waals surface area contributed by atoms with Gasteiger partial charge in [-0.1, -0.05) is 11.6 Å². The van der Waals surface area contributed by atoms with Crippen molar-refractivity contribution in [2.75, 3.05) is 45.9 Å². The van der Waals surface area contributed by atoms with Crippen molar-refractivity contribution in [2.45, 2.75) is 50.9 Å². The highest BCUT2D eigenvalue weighted by Crippen LogP contribution is 2.47. The Morgan fingerprint density at radius 1 is 1.27 bits per heavy atom. The lowest BCUT2D eigenvalue weighted by Gasteiger charge is -2.58. The van der Waals surface area contributed by atoms with Crippen LogP contribution in [-0.4, -0.2) is 87.8 Å². The second kappa shape index (κ2) is 8.92. The summed E-state index contributed by atoms with van der Waals surface area (Å²) in [7, 11) is 0. The minimum atomic E-state index is -0.459. The van der Waals surface area contributed by atoms with Gasteiger partial charge in [-0.2, -0.15) is 0 Å². The number of aromatic nitrogens is 2. The molecule has 2 unspecified atom stereocenters. The molecular formula is C23H32ClN5O3S. The number of hydrogen-bond donors (Lipinski definition) is 0. The van der Waals surface area contributed by atoms with Gasteiger partial charge in [-0.05, 0) is 45.1 Å². The molecule has 3 aliphatic heterocycles. The van der Waals surface area contributed by atoms with E-state index in [1.807, 2.05) is 31.9 Å². The van der Waals surface area contributed by atoms with Crippen molar-refractivity contribution in [3.8, 4) is 0 Å². The maximum atomic E-state index is 12.5. The molecule has 0 aromatic carbocycles. The highest BCUT2D eigenvalue weighted by atomic mass is 35.5. The van der Waals surface area contributed by atoms with E-state index in [0.717, 1.165) is 55.8 Å². The number of rotatable bonds is 3. The van der Waals surface area contributed by atoms with E-state index in [4.69, 9.17) is 21.1 Å². The van der Waals surface area contributed by atoms with Crippen LogP contribution in [0.1, 0.15) is 44.7 Å². The number of amides is 1. The molecule has 2 atom stereocenters. The van der Waals surface area contributed by atoms with Gasteiger partial charge in [0.1, 0.15) is 17.5 Å². The highest BCUT2D eigenvalue weighted by Gasteiger charge is 2.49. The van der Waals surface area contributed by atoms with Crippen molar-refractivity contribution in [3.05, 3.63) is 23.5 Å². The number of hydrogen-bond acceptors (Lipinski definition) is 8. The number of likely N-dealkylation sites (tertiary alicyclic amines) is 2. The molecule has 8 nitrogen and oxygen atoms in total. The van der Waals surface area contributed by atoms with Crippen LogP contribution < -0.4 is 0 Å². The molecule has 0 aliphatic carbocycles. The van der Waals surface area contributed by atoms with Crippen molar-refractivity contribution >= 4 is 39.2 Å². The van der Waals surface area contributed by atoms with Gasteiger partial charge in [0.05, 0.1) is 23.0 Å². The predicted molar refractivity (Wildman–Crippen MR) is 128 cm³/mol. The molecule has 2 aromatic rings. The minimum absolute atomic E-state index is 0.156. The summed E-state index contributed by atoms with van der Waals surface area (Å²) in [5.74, 6) is 0. The van der Waals surface area contributed by atoms with E-state index in [1.165, 1.54) is 4.88 Å². The normalized spacial score (nSPS) is 25.2. The molecule has 5 rings (SSSR count). The summed E-state index contributed by atoms with van der Waals surface area (Å²) in [6.07, 6.45) is 5.47. The quantitative estimate of drug-likeness (QED) is 0.600. The molecule has 5 heterocycles. The van der Waals surface area contributed by atoms with Crippen LogP contribution in [-0.2, 0) is 9.47 Å². The van der Waals surface area contributed by atoms with Crippen LogP contribution in [0.5, 0.6) is 0 Å². The van der Waals surface area contributed by atoms with E-state index in [1.54, 1.807) is 17.7 Å². The van der Waals surface area contributed by atoms with Crippen LogP contribution in [0.2, 0.25) is 0 Å². The number of carbonyl (C=O) groups excluding carboxylic acids is 1. The fraction of sp³-hybridized carbons (Fsp3) is 0.696. The van der Waals surface area contributed by atoms with Crippen molar-refractivity contribution in [1.29, 1.82) is 0 Å². The van der Waals surface area contributed by atoms with E-state index in [0.29, 0.717) is 13.2 Å². The number of nitrogens with zero attached hydrogens (tertiary/aromatic N) is 5. The number of fused-ring (bicyclic) bond motifs is 1. The molecule has 0 N–H and O–H groups in total. The Morgan fingerprint density at radius 2 is 2.03 bits per heavy atom. The van der Waals surface area contributed by atoms with E-state index in [2.05, 4.69) is 25.8 Å². The summed E-state index contributed by atoms with van der Waals surface area (Å²) in [4.78, 5) is 29.2. The zero-order valence-corrected chi connectivity index (χ0v) is 21.1. The molecular weight excluding hydrogens is 462 g/mol. The standard InChI is InChI=1S/C23H32ClN5O3S/c1-22(2,3)32-21(30)27-6-4-23(5-7-27)13-29(14-23)20(28-8-9-31-19(24)12-28)17-10-16-18(33-17)11-25-15-26-16/h10-11,15,19-20H,4-9,12-14H2,1-3H3. The first-order chi connectivity index (χ1) is 15.7. The Kier molecular flexibility index (Phi) is 6.28. The molecule has 2 aromatic heterocycles. The Labute approximate surface area is 203 Å². The highest BCUT2D eigenvalue weighted by molar-refractivity contribution is 7.19. The zero-order valence-electron chi connectivity index (χ0n) is 19.5. The first kappa shape index (κ1) is 23.2. The van der Waals surface area contributed by atoms with E-state index < -0.39 is 5.60 Å². The van der Waals surface area contributed by atoms with Crippen LogP contribution in [0.15, 0.2) is 18.6 Å². The molecule has 3 aliphatic rings. The Morgan fingerprint density at radius 3 is 2.70 bits per heavy atom. The van der Waals surface area contributed by atoms with Crippen molar-refractivity contribution in [2.24, 2.45) is 5.41 Å². The van der Waals surface area contributed by atoms with E-state index >= 15 is 0 Å². The Balaban J connectivity index is 1.28. The largest absolute Gasteiger partial charge is 0.444 e. The van der Waals surface area contributed by atoms with Crippen molar-refractivity contribution in [1.82, 2.24) is 24.7 Å². The van der Waals surface area contributed by atoms with Crippen LogP contribution >= 0.6 is 22.9 Å². The topological polar surface area (TPSA) is 71.0 Å². The maximum Gasteiger partial charge on any atom is 0.410 e. The second-order valence-corrected chi connectivity index (χ2v) is 12.0. The van der Waals surface area contributed by atoms with Gasteiger partial charge >= 0.3 is 6.09 Å². The van der Waals surface area contributed by atoms with Gasteiger partial charge in [0, 0.05) is 50.3 Å². The van der Waals surface area contributed by atoms with Crippen LogP contribution in [0.25, 0.3) is 10.2 Å². The Bertz CT molecular complexity index is 962. The molecule has 1 amide bonds. The average molecular weight is 494 g/mol. The van der Waals surface area contributed by atoms with Gasteiger partial charge in [-0.25, -0.2) is 14.8 Å². The third kappa shape index (κ3) is 4.98. The first-order valence-electron chi connectivity index (χ1n) is 11.6. The number of halogens is 1. The maximum absolute atomic E-state index is 12.5. The average Bonchev–Trinajstić information content (AvgIpc) is 3.15. The number of ether oxygens (including phenoxy) is 2. The minimum Gasteiger partial charge on any atom is -0.444 e. The smallest absolute Gasteiger partial charge is 0.410 e. The van der Waals surface area contributed by atoms with Gasteiger partial charge < -0.3 is 14.4 Å². The van der Waals surface area contributed by atoms with Crippen LogP contribution in [0.4, 0.5) is 4.79 Å². The molecule has 10 heteroatoms. The summed E-state index contributed by atoms with van der Waals surface area (Å²) in [6, 6.07) is 2.20. The van der Waals surface area contributed by atoms with Gasteiger partial charge in [0.15, 0.2) is 0 Å². The van der Waals surface area contributed by atoms with Crippen LogP contribution in [0, 0.1) is 5.41 Å². The summed E-state index contributed by atoms with van der Waals surface area (Å²) >= 11 is 8.13. The first-order valence-corrected chi connectivity index (χ1v) is 12.9. The van der Waals surface area contributed by atoms with Crippen LogP contribution in [0.3, 0.4) is 0 Å². The second-order valence-electron chi connectivity index (χ2n) is 10.4. The third-order valence-electron chi connectivity index (χ3n) is 6.77. The lowest BCUT2D eigenvalue weighted by molar-refractivity contribution is -0.128. The fourth-order valence-electron chi connectivity index (χ4n) is 5.17. The third-order valence-corrected chi connectivity index (χ3v) is 8.13. The summed E-state index contributed by atoms with van der Waals surface area (Å²) in [5.41, 5.74) is 0.508. The molecule has 0 bridgehead atoms. The fourth-order valence-corrected chi connectivity index (χ4v) is 6.59. The van der Waals surface area contributed by atoms with Gasteiger partial charge in [0.25, 0.3) is 0 Å². The van der Waals surface area contributed by atoms with Crippen molar-refractivity contribution < 1.29 is 14.3 Å². The number of morpholine rings is 1. The van der Waals surface area contributed by atoms with E-state index in [-0.39, 0.29) is 23.2 Å². The Hall–Kier alpha value is -1.52. The van der Waals surface area contributed by atoms with Crippen molar-refractivity contribution in [3.63, 3.8) is 0 Å². The molecule has 3 saturated heterocycles. The summed E-state index contributed by atoms with van der Waals surface area (Å²) < 4.78 is 12.3. The number of alkyl halides is 1. The van der Waals surface area contributed by atoms with Gasteiger partial charge in [-0.3, -0.25) is 9.80 Å². The monoisotopic (exact) mass is 493 g/mol. The lowest BCUT2D eigenvalue weighted by atomic mass is 9.71. The molecule has 1 spiro atoms. The van der Waals surface area contributed by atoms with E-state index in [9.17, 15) is 4.79 Å². The predicted octanol–water partition coefficient (Wildman–Crippen LogP) is 3.92.